The fourth-order valence-corrected chi connectivity index (χ4v) is 4.18. The van der Waals surface area contributed by atoms with Gasteiger partial charge in [-0.3, -0.25) is 14.4 Å². The molecule has 0 saturated heterocycles. The first-order chi connectivity index (χ1) is 17.9. The van der Waals surface area contributed by atoms with Crippen molar-refractivity contribution in [3.8, 4) is 11.5 Å². The molecule has 3 rings (SSSR count). The first-order valence-electron chi connectivity index (χ1n) is 12.4. The smallest absolute Gasteiger partial charge is 0.275 e. The van der Waals surface area contributed by atoms with E-state index in [1.807, 2.05) is 49.4 Å². The van der Waals surface area contributed by atoms with Crippen LogP contribution in [-0.2, 0) is 22.4 Å². The Kier molecular flexibility index (Phi) is 9.94. The number of rotatable bonds is 13. The van der Waals surface area contributed by atoms with E-state index < -0.39 is 23.4 Å². The molecule has 9 heteroatoms. The summed E-state index contributed by atoms with van der Waals surface area (Å²) in [5.41, 5.74) is 1.70. The Bertz CT molecular complexity index is 1260. The summed E-state index contributed by atoms with van der Waals surface area (Å²) in [6, 6.07) is 14.7. The van der Waals surface area contributed by atoms with Gasteiger partial charge >= 0.3 is 0 Å². The predicted molar refractivity (Wildman–Crippen MR) is 140 cm³/mol. The molecule has 0 aliphatic rings. The van der Waals surface area contributed by atoms with Crippen molar-refractivity contribution in [2.45, 2.75) is 52.0 Å². The van der Waals surface area contributed by atoms with E-state index in [-0.39, 0.29) is 11.5 Å². The third kappa shape index (κ3) is 7.49. The Morgan fingerprint density at radius 2 is 1.73 bits per heavy atom. The van der Waals surface area contributed by atoms with Gasteiger partial charge in [0.2, 0.25) is 5.91 Å². The van der Waals surface area contributed by atoms with E-state index in [0.29, 0.717) is 43.0 Å². The van der Waals surface area contributed by atoms with Crippen LogP contribution >= 0.6 is 0 Å². The number of carbonyl (C=O) groups excluding carboxylic acids is 2. The molecule has 0 saturated carbocycles. The highest BCUT2D eigenvalue weighted by molar-refractivity contribution is 6.00. The van der Waals surface area contributed by atoms with Crippen LogP contribution in [0.5, 0.6) is 11.5 Å². The Hall–Kier alpha value is -4.01. The maximum absolute atomic E-state index is 13.0. The highest BCUT2D eigenvalue weighted by Crippen LogP contribution is 2.28. The number of H-pyrrole nitrogens is 1. The number of nitrogens with zero attached hydrogens (tertiary/aromatic N) is 2. The van der Waals surface area contributed by atoms with E-state index in [1.165, 1.54) is 6.92 Å². The van der Waals surface area contributed by atoms with Crippen LogP contribution in [-0.4, -0.2) is 41.1 Å². The van der Waals surface area contributed by atoms with Crippen molar-refractivity contribution < 1.29 is 19.1 Å². The summed E-state index contributed by atoms with van der Waals surface area (Å²) in [6.45, 7) is 3.26. The summed E-state index contributed by atoms with van der Waals surface area (Å²) < 4.78 is 10.6. The number of ether oxygens (including phenoxy) is 2. The second kappa shape index (κ2) is 13.3. The zero-order valence-electron chi connectivity index (χ0n) is 21.7. The molecule has 0 aliphatic carbocycles. The van der Waals surface area contributed by atoms with Crippen molar-refractivity contribution in [1.29, 1.82) is 0 Å². The van der Waals surface area contributed by atoms with Crippen molar-refractivity contribution in [2.24, 2.45) is 5.92 Å². The number of aryl methyl sites for hydroxylation is 1. The molecule has 0 bridgehead atoms. The average molecular weight is 507 g/mol. The fraction of sp³-hybridized carbons (Fsp3) is 0.393. The summed E-state index contributed by atoms with van der Waals surface area (Å²) in [5.74, 6) is 0.170. The number of benzene rings is 2. The first kappa shape index (κ1) is 27.6. The molecule has 1 aromatic heterocycles. The minimum Gasteiger partial charge on any atom is -0.493 e. The number of ketones is 1. The van der Waals surface area contributed by atoms with Crippen LogP contribution in [0.4, 0.5) is 0 Å². The number of hydrogen-bond donors (Lipinski definition) is 2. The first-order valence-corrected chi connectivity index (χ1v) is 12.4. The van der Waals surface area contributed by atoms with E-state index in [2.05, 4.69) is 20.5 Å². The van der Waals surface area contributed by atoms with Crippen molar-refractivity contribution in [3.05, 3.63) is 81.5 Å². The minimum atomic E-state index is -0.783. The van der Waals surface area contributed by atoms with Crippen LogP contribution in [0.15, 0.2) is 53.3 Å². The van der Waals surface area contributed by atoms with Crippen LogP contribution in [0.2, 0.25) is 0 Å². The summed E-state index contributed by atoms with van der Waals surface area (Å²) in [7, 11) is 3.11. The summed E-state index contributed by atoms with van der Waals surface area (Å²) in [4.78, 5) is 40.8. The van der Waals surface area contributed by atoms with Crippen molar-refractivity contribution in [1.82, 2.24) is 20.5 Å². The van der Waals surface area contributed by atoms with Crippen LogP contribution in [0.25, 0.3) is 0 Å². The summed E-state index contributed by atoms with van der Waals surface area (Å²) in [5, 5.41) is 11.1. The highest BCUT2D eigenvalue weighted by Gasteiger charge is 2.27. The third-order valence-electron chi connectivity index (χ3n) is 6.25. The monoisotopic (exact) mass is 506 g/mol. The van der Waals surface area contributed by atoms with Gasteiger partial charge in [0.05, 0.1) is 26.2 Å². The average Bonchev–Trinajstić information content (AvgIpc) is 2.90. The van der Waals surface area contributed by atoms with E-state index >= 15 is 0 Å². The normalized spacial score (nSPS) is 12.4. The molecule has 0 spiro atoms. The number of aromatic nitrogens is 3. The lowest BCUT2D eigenvalue weighted by molar-refractivity contribution is -0.133. The molecule has 2 atom stereocenters. The molecule has 2 unspecified atom stereocenters. The van der Waals surface area contributed by atoms with Crippen molar-refractivity contribution in [2.75, 3.05) is 14.2 Å². The van der Waals surface area contributed by atoms with Gasteiger partial charge in [0, 0.05) is 6.42 Å². The Balaban J connectivity index is 1.67. The molecule has 9 nitrogen and oxygen atoms in total. The Labute approximate surface area is 216 Å². The van der Waals surface area contributed by atoms with Gasteiger partial charge in [-0.25, -0.2) is 0 Å². The molecule has 196 valence electrons. The summed E-state index contributed by atoms with van der Waals surface area (Å²) in [6.07, 6.45) is 2.66. The predicted octanol–water partition coefficient (Wildman–Crippen LogP) is 3.57. The van der Waals surface area contributed by atoms with Crippen LogP contribution in [0.1, 0.15) is 61.8 Å². The lowest BCUT2D eigenvalue weighted by atomic mass is 9.95. The Morgan fingerprint density at radius 1 is 1.00 bits per heavy atom. The lowest BCUT2D eigenvalue weighted by Gasteiger charge is -2.19. The van der Waals surface area contributed by atoms with Gasteiger partial charge in [-0.05, 0) is 55.9 Å². The molecule has 37 heavy (non-hydrogen) atoms. The molecule has 2 aromatic carbocycles. The van der Waals surface area contributed by atoms with Crippen LogP contribution < -0.4 is 20.3 Å². The summed E-state index contributed by atoms with van der Waals surface area (Å²) >= 11 is 0. The van der Waals surface area contributed by atoms with Crippen molar-refractivity contribution >= 4 is 11.7 Å². The quantitative estimate of drug-likeness (QED) is 0.340. The maximum Gasteiger partial charge on any atom is 0.275 e. The number of methoxy groups -OCH3 is 2. The van der Waals surface area contributed by atoms with E-state index in [1.54, 1.807) is 20.3 Å². The van der Waals surface area contributed by atoms with Gasteiger partial charge in [-0.15, -0.1) is 10.2 Å². The second-order valence-electron chi connectivity index (χ2n) is 8.86. The number of Topliss-reactive ketones (excluding diaryl/α,β-unsaturated/α-hetero) is 1. The zero-order valence-corrected chi connectivity index (χ0v) is 21.7. The Morgan fingerprint density at radius 3 is 2.35 bits per heavy atom. The van der Waals surface area contributed by atoms with Gasteiger partial charge in [0.15, 0.2) is 17.2 Å². The van der Waals surface area contributed by atoms with Gasteiger partial charge in [0.1, 0.15) is 11.6 Å². The fourth-order valence-electron chi connectivity index (χ4n) is 4.18. The molecule has 2 N–H and O–H groups in total. The molecule has 0 radical (unpaired) electrons. The number of aromatic amines is 1. The zero-order chi connectivity index (χ0) is 26.8. The number of nitrogens with one attached hydrogen (secondary N) is 2. The SMILES string of the molecule is CCC(NC(=O)C(CCCc1ccccc1)C(C)=O)c1nnc(Cc2ccc(OC)c(OC)c2)[nH]c1=O. The molecule has 1 heterocycles. The topological polar surface area (TPSA) is 123 Å². The highest BCUT2D eigenvalue weighted by atomic mass is 16.5. The molecular weight excluding hydrogens is 472 g/mol. The van der Waals surface area contributed by atoms with Gasteiger partial charge < -0.3 is 19.8 Å². The number of hydrogen-bond acceptors (Lipinski definition) is 7. The second-order valence-corrected chi connectivity index (χ2v) is 8.86. The molecule has 0 fully saturated rings. The third-order valence-corrected chi connectivity index (χ3v) is 6.25. The molecule has 1 amide bonds. The van der Waals surface area contributed by atoms with E-state index in [0.717, 1.165) is 17.5 Å². The molecular formula is C28H34N4O5. The lowest BCUT2D eigenvalue weighted by Crippen LogP contribution is -2.39. The molecule has 3 aromatic rings. The van der Waals surface area contributed by atoms with Gasteiger partial charge in [-0.1, -0.05) is 43.3 Å². The van der Waals surface area contributed by atoms with Crippen molar-refractivity contribution in [3.63, 3.8) is 0 Å². The molecule has 0 aliphatic heterocycles. The standard InChI is InChI=1S/C28H34N4O5/c1-5-22(29-27(34)21(18(2)33)13-9-12-19-10-7-6-8-11-19)26-28(35)30-25(31-32-26)17-20-14-15-23(36-3)24(16-20)37-4/h6-8,10-11,14-16,21-22H,5,9,12-13,17H2,1-4H3,(H,29,34)(H,30,31,35). The van der Waals surface area contributed by atoms with E-state index in [9.17, 15) is 14.4 Å². The van der Waals surface area contributed by atoms with Crippen LogP contribution in [0, 0.1) is 5.92 Å². The van der Waals surface area contributed by atoms with Crippen LogP contribution in [0.3, 0.4) is 0 Å². The number of amides is 1. The largest absolute Gasteiger partial charge is 0.493 e. The van der Waals surface area contributed by atoms with Gasteiger partial charge in [0.25, 0.3) is 5.56 Å². The van der Waals surface area contributed by atoms with E-state index in [4.69, 9.17) is 9.47 Å². The maximum atomic E-state index is 13.0. The minimum absolute atomic E-state index is 0.110. The number of carbonyl (C=O) groups is 2. The van der Waals surface area contributed by atoms with Gasteiger partial charge in [-0.2, -0.15) is 0 Å².